The molecule has 0 spiro atoms. The van der Waals surface area contributed by atoms with Gasteiger partial charge in [-0.05, 0) is 131 Å². The molecule has 0 atom stereocenters. The molecule has 1 aliphatic rings. The normalized spacial score (nSPS) is 12.8. The highest BCUT2D eigenvalue weighted by atomic mass is 79.9. The Balaban J connectivity index is 1.12. The smallest absolute Gasteiger partial charge is 0.265 e. The number of ether oxygens (including phenoxy) is 2. The van der Waals surface area contributed by atoms with Crippen LogP contribution in [0.3, 0.4) is 0 Å². The van der Waals surface area contributed by atoms with E-state index in [1.165, 1.54) is 6.42 Å². The minimum Gasteiger partial charge on any atom is -0.483 e. The van der Waals surface area contributed by atoms with E-state index >= 15 is 0 Å². The molecule has 1 fully saturated rings. The lowest BCUT2D eigenvalue weighted by Crippen LogP contribution is -2.42. The number of aryl methyl sites for hydroxylation is 3. The van der Waals surface area contributed by atoms with Crippen LogP contribution in [0.1, 0.15) is 67.8 Å². The van der Waals surface area contributed by atoms with Gasteiger partial charge in [-0.15, -0.1) is 0 Å². The van der Waals surface area contributed by atoms with E-state index in [-0.39, 0.29) is 30.7 Å². The van der Waals surface area contributed by atoms with Crippen molar-refractivity contribution in [3.8, 4) is 11.5 Å². The lowest BCUT2D eigenvalue weighted by atomic mass is 10.0. The predicted octanol–water partition coefficient (Wildman–Crippen LogP) is 8.75. The molecule has 0 saturated carbocycles. The Morgan fingerprint density at radius 1 is 0.661 bits per heavy atom. The Bertz CT molecular complexity index is 2200. The van der Waals surface area contributed by atoms with Crippen LogP contribution in [0.25, 0.3) is 0 Å². The largest absolute Gasteiger partial charge is 0.483 e. The third-order valence-corrected chi connectivity index (χ3v) is 10.4. The molecule has 5 aromatic rings. The van der Waals surface area contributed by atoms with Crippen molar-refractivity contribution in [1.82, 2.24) is 4.90 Å². The van der Waals surface area contributed by atoms with Crippen LogP contribution in [-0.2, 0) is 9.59 Å². The number of benzene rings is 5. The summed E-state index contributed by atoms with van der Waals surface area (Å²) in [6.07, 6.45) is 3.44. The number of hydrogen-bond acceptors (Lipinski definition) is 7. The van der Waals surface area contributed by atoms with Crippen LogP contribution >= 0.6 is 15.9 Å². The topological polar surface area (TPSA) is 105 Å². The van der Waals surface area contributed by atoms with E-state index in [9.17, 15) is 19.2 Å². The number of piperidine rings is 1. The summed E-state index contributed by atoms with van der Waals surface area (Å²) in [6.45, 7) is 8.16. The van der Waals surface area contributed by atoms with E-state index in [1.807, 2.05) is 69.3 Å². The van der Waals surface area contributed by atoms with Gasteiger partial charge in [0.05, 0.1) is 11.4 Å². The van der Waals surface area contributed by atoms with Crippen molar-refractivity contribution in [2.45, 2.75) is 40.0 Å². The van der Waals surface area contributed by atoms with Crippen molar-refractivity contribution >= 4 is 50.7 Å². The fourth-order valence-electron chi connectivity index (χ4n) is 6.71. The third-order valence-electron chi connectivity index (χ3n) is 9.86. The number of rotatable bonds is 15. The number of ketones is 2. The van der Waals surface area contributed by atoms with Crippen molar-refractivity contribution < 1.29 is 28.7 Å². The number of hydrogen-bond donors (Lipinski definition) is 1. The zero-order valence-corrected chi connectivity index (χ0v) is 33.6. The molecule has 6 rings (SSSR count). The maximum absolute atomic E-state index is 14.0. The lowest BCUT2D eigenvalue weighted by molar-refractivity contribution is -0.121. The van der Waals surface area contributed by atoms with E-state index in [2.05, 4.69) is 26.1 Å². The maximum atomic E-state index is 14.0. The number of nitrogens with one attached hydrogen (secondary N) is 1. The second-order valence-electron chi connectivity index (χ2n) is 14.1. The highest BCUT2D eigenvalue weighted by Gasteiger charge is 2.23. The number of likely N-dealkylation sites (tertiary alicyclic amines) is 1. The molecular formula is C46H46BrN3O6. The summed E-state index contributed by atoms with van der Waals surface area (Å²) < 4.78 is 12.9. The van der Waals surface area contributed by atoms with Gasteiger partial charge in [0.15, 0.2) is 24.8 Å². The minimum atomic E-state index is -0.401. The predicted molar refractivity (Wildman–Crippen MR) is 223 cm³/mol. The summed E-state index contributed by atoms with van der Waals surface area (Å²) in [6, 6.07) is 32.2. The first kappa shape index (κ1) is 40.1. The van der Waals surface area contributed by atoms with Gasteiger partial charge in [0.2, 0.25) is 0 Å². The van der Waals surface area contributed by atoms with Crippen LogP contribution in [0.4, 0.5) is 11.4 Å². The van der Waals surface area contributed by atoms with Crippen molar-refractivity contribution in [1.29, 1.82) is 0 Å². The first-order chi connectivity index (χ1) is 27.0. The molecule has 2 amide bonds. The molecule has 0 aliphatic carbocycles. The zero-order valence-electron chi connectivity index (χ0n) is 32.0. The maximum Gasteiger partial charge on any atom is 0.265 e. The molecule has 10 heteroatoms. The molecular weight excluding hydrogens is 770 g/mol. The summed E-state index contributed by atoms with van der Waals surface area (Å²) in [5.74, 6) is 0.133. The van der Waals surface area contributed by atoms with E-state index in [1.54, 1.807) is 65.6 Å². The van der Waals surface area contributed by atoms with E-state index in [0.29, 0.717) is 58.2 Å². The fourth-order valence-corrected chi connectivity index (χ4v) is 6.97. The highest BCUT2D eigenvalue weighted by Crippen LogP contribution is 2.28. The number of para-hydroxylation sites is 2. The molecule has 0 radical (unpaired) electrons. The zero-order chi connectivity index (χ0) is 39.6. The van der Waals surface area contributed by atoms with Gasteiger partial charge in [-0.1, -0.05) is 64.3 Å². The van der Waals surface area contributed by atoms with E-state index in [0.717, 1.165) is 47.1 Å². The first-order valence-corrected chi connectivity index (χ1v) is 19.6. The van der Waals surface area contributed by atoms with Crippen molar-refractivity contribution in [3.05, 3.63) is 153 Å². The highest BCUT2D eigenvalue weighted by molar-refractivity contribution is 9.10. The number of amides is 2. The monoisotopic (exact) mass is 815 g/mol. The summed E-state index contributed by atoms with van der Waals surface area (Å²) in [5, 5.41) is 2.94. The molecule has 288 valence electrons. The molecule has 0 aromatic heterocycles. The van der Waals surface area contributed by atoms with Gasteiger partial charge in [-0.3, -0.25) is 19.2 Å². The van der Waals surface area contributed by atoms with Crippen molar-refractivity contribution in [3.63, 3.8) is 0 Å². The number of anilines is 2. The third kappa shape index (κ3) is 10.4. The Kier molecular flexibility index (Phi) is 13.5. The molecule has 1 heterocycles. The Morgan fingerprint density at radius 2 is 1.20 bits per heavy atom. The summed E-state index contributed by atoms with van der Waals surface area (Å²) >= 11 is 3.40. The van der Waals surface area contributed by atoms with Crippen LogP contribution in [0, 0.1) is 20.8 Å². The first-order valence-electron chi connectivity index (χ1n) is 18.9. The second kappa shape index (κ2) is 18.8. The van der Waals surface area contributed by atoms with Gasteiger partial charge in [0.1, 0.15) is 11.5 Å². The van der Waals surface area contributed by atoms with Crippen molar-refractivity contribution in [2.24, 2.45) is 0 Å². The quantitative estimate of drug-likeness (QED) is 0.105. The Morgan fingerprint density at radius 3 is 1.79 bits per heavy atom. The number of carbonyl (C=O) groups is 4. The SMILES string of the molecule is Cc1ccc(C(=O)c2ccc(OCC(=O)N(CCN3CCCCC3)c3ccccc3NC(=O)COc3ccc(C(=O)c4ccc(Br)cc4)cc3C)c(C)c2)cc1. The van der Waals surface area contributed by atoms with Gasteiger partial charge in [-0.25, -0.2) is 0 Å². The van der Waals surface area contributed by atoms with Gasteiger partial charge >= 0.3 is 0 Å². The second-order valence-corrected chi connectivity index (χ2v) is 15.0. The molecule has 56 heavy (non-hydrogen) atoms. The molecule has 0 unspecified atom stereocenters. The molecule has 9 nitrogen and oxygen atoms in total. The van der Waals surface area contributed by atoms with Crippen LogP contribution in [0.5, 0.6) is 11.5 Å². The Labute approximate surface area is 336 Å². The summed E-state index contributed by atoms with van der Waals surface area (Å²) in [5.41, 5.74) is 5.81. The average Bonchev–Trinajstić information content (AvgIpc) is 3.21. The molecule has 0 bridgehead atoms. The van der Waals surface area contributed by atoms with Crippen LogP contribution < -0.4 is 19.7 Å². The number of nitrogens with zero attached hydrogens (tertiary/aromatic N) is 2. The summed E-state index contributed by atoms with van der Waals surface area (Å²) in [4.78, 5) is 57.5. The number of carbonyl (C=O) groups excluding carboxylic acids is 4. The fraction of sp³-hybridized carbons (Fsp3) is 0.261. The van der Waals surface area contributed by atoms with Crippen molar-refractivity contribution in [2.75, 3.05) is 49.6 Å². The van der Waals surface area contributed by atoms with Crippen LogP contribution in [0.15, 0.2) is 114 Å². The molecule has 1 saturated heterocycles. The van der Waals surface area contributed by atoms with Crippen LogP contribution in [0.2, 0.25) is 0 Å². The summed E-state index contributed by atoms with van der Waals surface area (Å²) in [7, 11) is 0. The van der Waals surface area contributed by atoms with E-state index in [4.69, 9.17) is 9.47 Å². The van der Waals surface area contributed by atoms with Gasteiger partial charge in [0, 0.05) is 39.8 Å². The molecule has 5 aromatic carbocycles. The molecule has 1 aliphatic heterocycles. The van der Waals surface area contributed by atoms with E-state index < -0.39 is 5.91 Å². The van der Waals surface area contributed by atoms with Gasteiger partial charge in [0.25, 0.3) is 11.8 Å². The van der Waals surface area contributed by atoms with Gasteiger partial charge < -0.3 is 24.6 Å². The van der Waals surface area contributed by atoms with Crippen LogP contribution in [-0.4, -0.2) is 67.7 Å². The minimum absolute atomic E-state index is 0.0826. The molecule has 1 N–H and O–H groups in total. The standard InChI is InChI=1S/C46H46BrN3O6/c1-31-11-13-34(14-12-31)45(53)36-18-22-42(33(3)28-36)56-30-44(52)50(26-25-49-23-7-4-8-24-49)40-10-6-5-9-39(40)48-43(51)29-55-41-21-17-37(27-32(41)2)46(54)35-15-19-38(47)20-16-35/h5-6,9-22,27-28H,4,7-8,23-26,29-30H2,1-3H3,(H,48,51). The lowest BCUT2D eigenvalue weighted by Gasteiger charge is -2.31. The Hall–Kier alpha value is -5.58. The average molecular weight is 817 g/mol. The van der Waals surface area contributed by atoms with Gasteiger partial charge in [-0.2, -0.15) is 0 Å². The number of halogens is 1.